The Morgan fingerprint density at radius 3 is 2.33 bits per heavy atom. The molecule has 1 aromatic rings. The molecule has 1 atom stereocenters. The van der Waals surface area contributed by atoms with Crippen LogP contribution in [-0.4, -0.2) is 0 Å². The minimum Gasteiger partial charge on any atom is -0.0843 e. The van der Waals surface area contributed by atoms with E-state index in [1.54, 1.807) is 12.1 Å². The van der Waals surface area contributed by atoms with Gasteiger partial charge in [-0.1, -0.05) is 50.7 Å². The summed E-state index contributed by atoms with van der Waals surface area (Å²) in [6.07, 6.45) is 0. The third-order valence-corrected chi connectivity index (χ3v) is 2.98. The van der Waals surface area contributed by atoms with Gasteiger partial charge in [-0.2, -0.15) is 0 Å². The Bertz CT molecular complexity index is 297. The van der Waals surface area contributed by atoms with Gasteiger partial charge in [0.25, 0.3) is 0 Å². The number of benzene rings is 1. The number of hydrogen-bond acceptors (Lipinski definition) is 0. The minimum absolute atomic E-state index is 0.154. The first-order chi connectivity index (χ1) is 5.52. The van der Waals surface area contributed by atoms with E-state index in [2.05, 4.69) is 15.9 Å². The summed E-state index contributed by atoms with van der Waals surface area (Å²) in [6.45, 7) is 1.97. The van der Waals surface area contributed by atoms with E-state index in [0.29, 0.717) is 15.1 Å². The van der Waals surface area contributed by atoms with Crippen molar-refractivity contribution in [3.8, 4) is 0 Å². The molecule has 0 aliphatic heterocycles. The average Bonchev–Trinajstić information content (AvgIpc) is 1.96. The molecule has 0 N–H and O–H groups in total. The molecule has 0 aliphatic rings. The molecule has 0 amide bonds. The van der Waals surface area contributed by atoms with Crippen molar-refractivity contribution in [2.45, 2.75) is 11.8 Å². The Hall–Kier alpha value is 0.570. The van der Waals surface area contributed by atoms with E-state index in [4.69, 9.17) is 34.8 Å². The zero-order valence-electron chi connectivity index (χ0n) is 6.24. The smallest absolute Gasteiger partial charge is 0.0636 e. The van der Waals surface area contributed by atoms with Crippen molar-refractivity contribution >= 4 is 50.7 Å². The van der Waals surface area contributed by atoms with Gasteiger partial charge in [0.1, 0.15) is 0 Å². The van der Waals surface area contributed by atoms with E-state index in [9.17, 15) is 0 Å². The molecular formula is C8H6BrCl3. The van der Waals surface area contributed by atoms with Gasteiger partial charge in [0.2, 0.25) is 0 Å². The lowest BCUT2D eigenvalue weighted by atomic mass is 10.2. The average molecular weight is 288 g/mol. The van der Waals surface area contributed by atoms with Crippen LogP contribution in [0.4, 0.5) is 0 Å². The molecule has 1 aromatic carbocycles. The lowest BCUT2D eigenvalue weighted by Gasteiger charge is -2.08. The van der Waals surface area contributed by atoms with E-state index in [-0.39, 0.29) is 4.83 Å². The Balaban J connectivity index is 3.28. The second-order valence-corrected chi connectivity index (χ2v) is 5.00. The SMILES string of the molecule is CC(Br)c1cc(Cl)cc(Cl)c1Cl. The highest BCUT2D eigenvalue weighted by Gasteiger charge is 2.10. The summed E-state index contributed by atoms with van der Waals surface area (Å²) in [5.41, 5.74) is 0.911. The van der Waals surface area contributed by atoms with Crippen LogP contribution in [0, 0.1) is 0 Å². The monoisotopic (exact) mass is 286 g/mol. The maximum Gasteiger partial charge on any atom is 0.0636 e. The summed E-state index contributed by atoms with van der Waals surface area (Å²) in [5, 5.41) is 1.65. The Morgan fingerprint density at radius 1 is 1.25 bits per heavy atom. The quantitative estimate of drug-likeness (QED) is 0.498. The van der Waals surface area contributed by atoms with Gasteiger partial charge in [-0.15, -0.1) is 0 Å². The molecule has 0 aromatic heterocycles. The van der Waals surface area contributed by atoms with Gasteiger partial charge in [0, 0.05) is 9.85 Å². The molecule has 0 spiro atoms. The van der Waals surface area contributed by atoms with Crippen molar-refractivity contribution in [3.05, 3.63) is 32.8 Å². The molecule has 0 heterocycles. The van der Waals surface area contributed by atoms with Crippen LogP contribution in [0.3, 0.4) is 0 Å². The second kappa shape index (κ2) is 4.19. The lowest BCUT2D eigenvalue weighted by molar-refractivity contribution is 1.12. The summed E-state index contributed by atoms with van der Waals surface area (Å²) < 4.78 is 0. The van der Waals surface area contributed by atoms with E-state index >= 15 is 0 Å². The number of rotatable bonds is 1. The zero-order valence-corrected chi connectivity index (χ0v) is 10.1. The largest absolute Gasteiger partial charge is 0.0843 e. The molecule has 0 radical (unpaired) electrons. The van der Waals surface area contributed by atoms with Gasteiger partial charge < -0.3 is 0 Å². The van der Waals surface area contributed by atoms with Gasteiger partial charge in [0.15, 0.2) is 0 Å². The van der Waals surface area contributed by atoms with Crippen LogP contribution < -0.4 is 0 Å². The Labute approximate surface area is 94.9 Å². The highest BCUT2D eigenvalue weighted by molar-refractivity contribution is 9.09. The van der Waals surface area contributed by atoms with E-state index < -0.39 is 0 Å². The van der Waals surface area contributed by atoms with Crippen LogP contribution >= 0.6 is 50.7 Å². The molecule has 0 bridgehead atoms. The van der Waals surface area contributed by atoms with Crippen molar-refractivity contribution in [1.82, 2.24) is 0 Å². The van der Waals surface area contributed by atoms with Crippen LogP contribution in [0.5, 0.6) is 0 Å². The van der Waals surface area contributed by atoms with E-state index in [0.717, 1.165) is 5.56 Å². The van der Waals surface area contributed by atoms with E-state index in [1.807, 2.05) is 6.92 Å². The van der Waals surface area contributed by atoms with Crippen LogP contribution in [0.2, 0.25) is 15.1 Å². The number of halogens is 4. The van der Waals surface area contributed by atoms with Crippen LogP contribution in [0.1, 0.15) is 17.3 Å². The normalized spacial score (nSPS) is 13.1. The van der Waals surface area contributed by atoms with Gasteiger partial charge in [-0.3, -0.25) is 0 Å². The fourth-order valence-corrected chi connectivity index (χ4v) is 2.14. The van der Waals surface area contributed by atoms with Gasteiger partial charge >= 0.3 is 0 Å². The molecule has 12 heavy (non-hydrogen) atoms. The highest BCUT2D eigenvalue weighted by atomic mass is 79.9. The molecule has 0 nitrogen and oxygen atoms in total. The third-order valence-electron chi connectivity index (χ3n) is 1.45. The number of hydrogen-bond donors (Lipinski definition) is 0. The van der Waals surface area contributed by atoms with Gasteiger partial charge in [-0.05, 0) is 24.6 Å². The van der Waals surface area contributed by atoms with Crippen molar-refractivity contribution < 1.29 is 0 Å². The molecule has 0 fully saturated rings. The molecular weight excluding hydrogens is 282 g/mol. The molecule has 4 heteroatoms. The molecule has 0 saturated heterocycles. The molecule has 0 saturated carbocycles. The maximum atomic E-state index is 5.94. The summed E-state index contributed by atoms with van der Waals surface area (Å²) in [5.74, 6) is 0. The first kappa shape index (κ1) is 10.6. The first-order valence-corrected chi connectivity index (χ1v) is 5.36. The third kappa shape index (κ3) is 2.29. The fourth-order valence-electron chi connectivity index (χ4n) is 0.865. The molecule has 1 rings (SSSR count). The molecule has 0 aliphatic carbocycles. The van der Waals surface area contributed by atoms with Gasteiger partial charge in [-0.25, -0.2) is 0 Å². The van der Waals surface area contributed by atoms with Crippen molar-refractivity contribution in [2.75, 3.05) is 0 Å². The standard InChI is InChI=1S/C8H6BrCl3/c1-4(9)6-2-5(10)3-7(11)8(6)12/h2-4H,1H3. The maximum absolute atomic E-state index is 5.94. The Kier molecular flexibility index (Phi) is 3.72. The topological polar surface area (TPSA) is 0 Å². The summed E-state index contributed by atoms with van der Waals surface area (Å²) in [6, 6.07) is 3.43. The van der Waals surface area contributed by atoms with Crippen LogP contribution in [-0.2, 0) is 0 Å². The van der Waals surface area contributed by atoms with Crippen molar-refractivity contribution in [3.63, 3.8) is 0 Å². The fraction of sp³-hybridized carbons (Fsp3) is 0.250. The summed E-state index contributed by atoms with van der Waals surface area (Å²) >= 11 is 21.0. The van der Waals surface area contributed by atoms with Crippen LogP contribution in [0.15, 0.2) is 12.1 Å². The summed E-state index contributed by atoms with van der Waals surface area (Å²) in [7, 11) is 0. The summed E-state index contributed by atoms with van der Waals surface area (Å²) in [4.78, 5) is 0.154. The van der Waals surface area contributed by atoms with Crippen LogP contribution in [0.25, 0.3) is 0 Å². The zero-order chi connectivity index (χ0) is 9.30. The van der Waals surface area contributed by atoms with Gasteiger partial charge in [0.05, 0.1) is 10.0 Å². The predicted octanol–water partition coefficient (Wildman–Crippen LogP) is 5.10. The second-order valence-electron chi connectivity index (χ2n) is 2.41. The van der Waals surface area contributed by atoms with Crippen molar-refractivity contribution in [2.24, 2.45) is 0 Å². The molecule has 1 unspecified atom stereocenters. The molecule has 66 valence electrons. The van der Waals surface area contributed by atoms with E-state index in [1.165, 1.54) is 0 Å². The predicted molar refractivity (Wildman–Crippen MR) is 58.8 cm³/mol. The highest BCUT2D eigenvalue weighted by Crippen LogP contribution is 2.36. The Morgan fingerprint density at radius 2 is 1.83 bits per heavy atom. The number of alkyl halides is 1. The first-order valence-electron chi connectivity index (χ1n) is 3.31. The lowest BCUT2D eigenvalue weighted by Crippen LogP contribution is -1.86. The van der Waals surface area contributed by atoms with Crippen molar-refractivity contribution in [1.29, 1.82) is 0 Å². The minimum atomic E-state index is 0.154.